The van der Waals surface area contributed by atoms with E-state index in [0.717, 1.165) is 40.8 Å². The van der Waals surface area contributed by atoms with Crippen molar-refractivity contribution in [2.24, 2.45) is 0 Å². The Bertz CT molecular complexity index is 1170. The molecule has 1 aromatic heterocycles. The highest BCUT2D eigenvalue weighted by Gasteiger charge is 2.42. The van der Waals surface area contributed by atoms with Gasteiger partial charge in [-0.05, 0) is 25.0 Å². The number of carbonyl (C=O) groups excluding carboxylic acids is 3. The Balaban J connectivity index is 0.903. The first-order chi connectivity index (χ1) is 20.0. The first kappa shape index (κ1) is 31.4. The number of urea groups is 1. The maximum Gasteiger partial charge on any atom is 0.315 e. The van der Waals surface area contributed by atoms with Crippen LogP contribution in [0.4, 0.5) is 4.79 Å². The largest absolute Gasteiger partial charge is 0.377 e. The number of pyridine rings is 1. The summed E-state index contributed by atoms with van der Waals surface area (Å²) >= 11 is 6.28. The van der Waals surface area contributed by atoms with E-state index in [9.17, 15) is 14.4 Å². The lowest BCUT2D eigenvalue weighted by atomic mass is 10.0. The lowest BCUT2D eigenvalue weighted by Gasteiger charge is -2.16. The molecule has 13 heteroatoms. The predicted octanol–water partition coefficient (Wildman–Crippen LogP) is 2.15. The lowest BCUT2D eigenvalue weighted by molar-refractivity contribution is -0.121. The van der Waals surface area contributed by atoms with E-state index in [4.69, 9.17) is 14.2 Å². The smallest absolute Gasteiger partial charge is 0.315 e. The molecule has 0 spiro atoms. The Labute approximate surface area is 250 Å². The van der Waals surface area contributed by atoms with E-state index >= 15 is 0 Å². The van der Waals surface area contributed by atoms with E-state index in [2.05, 4.69) is 38.9 Å². The number of para-hydroxylation sites is 1. The second-order valence-electron chi connectivity index (χ2n) is 9.88. The van der Waals surface area contributed by atoms with Crippen LogP contribution in [0.25, 0.3) is 10.9 Å². The summed E-state index contributed by atoms with van der Waals surface area (Å²) in [5.74, 6) is 0.790. The molecule has 2 aromatic rings. The van der Waals surface area contributed by atoms with E-state index < -0.39 is 0 Å². The zero-order valence-electron chi connectivity index (χ0n) is 23.1. The van der Waals surface area contributed by atoms with E-state index in [0.29, 0.717) is 70.0 Å². The van der Waals surface area contributed by atoms with Crippen LogP contribution < -0.4 is 21.3 Å². The summed E-state index contributed by atoms with van der Waals surface area (Å²) in [6, 6.07) is 7.84. The molecule has 4 rings (SSSR count). The molecule has 0 bridgehead atoms. The normalized spacial score (nSPS) is 19.5. The van der Waals surface area contributed by atoms with Crippen LogP contribution in [0.3, 0.4) is 0 Å². The van der Waals surface area contributed by atoms with E-state index in [-0.39, 0.29) is 29.9 Å². The number of thioether (sulfide) groups is 1. The van der Waals surface area contributed by atoms with Gasteiger partial charge in [0.05, 0.1) is 62.8 Å². The number of benzene rings is 1. The molecule has 2 saturated heterocycles. The molecule has 224 valence electrons. The molecule has 41 heavy (non-hydrogen) atoms. The molecule has 0 aliphatic carbocycles. The molecule has 0 saturated carbocycles. The Morgan fingerprint density at radius 3 is 2.51 bits per heavy atom. The van der Waals surface area contributed by atoms with Crippen LogP contribution in [0.1, 0.15) is 36.0 Å². The van der Waals surface area contributed by atoms with Crippen molar-refractivity contribution in [3.05, 3.63) is 36.0 Å². The minimum atomic E-state index is -0.201. The van der Waals surface area contributed by atoms with Crippen molar-refractivity contribution in [1.82, 2.24) is 26.3 Å². The number of aromatic nitrogens is 1. The molecular formula is C28H39N5O6S2. The van der Waals surface area contributed by atoms with Gasteiger partial charge < -0.3 is 35.5 Å². The number of nitrogens with zero attached hydrogens (tertiary/aromatic N) is 1. The third kappa shape index (κ3) is 10.0. The summed E-state index contributed by atoms with van der Waals surface area (Å²) in [4.78, 5) is 40.9. The molecular weight excluding hydrogens is 566 g/mol. The van der Waals surface area contributed by atoms with Crippen LogP contribution in [0.15, 0.2) is 35.4 Å². The average Bonchev–Trinajstić information content (AvgIpc) is 3.52. The summed E-state index contributed by atoms with van der Waals surface area (Å²) in [7, 11) is 0. The van der Waals surface area contributed by atoms with Crippen molar-refractivity contribution in [3.8, 4) is 0 Å². The van der Waals surface area contributed by atoms with Gasteiger partial charge in [-0.1, -0.05) is 18.6 Å². The second kappa shape index (κ2) is 16.8. The summed E-state index contributed by atoms with van der Waals surface area (Å²) in [5.41, 5.74) is 1.26. The van der Waals surface area contributed by atoms with Crippen molar-refractivity contribution >= 4 is 53.1 Å². The molecule has 2 aliphatic heterocycles. The highest BCUT2D eigenvalue weighted by molar-refractivity contribution is 8.00. The lowest BCUT2D eigenvalue weighted by Crippen LogP contribution is -2.36. The molecule has 3 atom stereocenters. The average molecular weight is 606 g/mol. The van der Waals surface area contributed by atoms with E-state index in [1.807, 2.05) is 30.0 Å². The standard InChI is InChI=1S/C28H39N5O6S2/c34-24(7-2-1-6-23-26-21(18-41-23)32-28(36)33-26)29-8-10-37-12-14-39-15-13-38-11-9-30-27(35)20-16-19-4-3-5-22(40)25(19)31-17-20/h3-5,16-17,21,23,26,40H,1-2,6-15,18H2,(H,29,34)(H,30,35)(H2,32,33,36)/t21-,23-,26-/m0/s1. The maximum atomic E-state index is 12.3. The monoisotopic (exact) mass is 605 g/mol. The van der Waals surface area contributed by atoms with Gasteiger partial charge in [0.2, 0.25) is 5.91 Å². The van der Waals surface area contributed by atoms with Crippen molar-refractivity contribution in [3.63, 3.8) is 0 Å². The third-order valence-corrected chi connectivity index (χ3v) is 8.75. The topological polar surface area (TPSA) is 140 Å². The molecule has 1 aromatic carbocycles. The fraction of sp³-hybridized carbons (Fsp3) is 0.571. The fourth-order valence-electron chi connectivity index (χ4n) is 4.77. The number of carbonyl (C=O) groups is 3. The number of nitrogens with one attached hydrogen (secondary N) is 4. The van der Waals surface area contributed by atoms with Crippen LogP contribution in [-0.2, 0) is 19.0 Å². The molecule has 3 heterocycles. The fourth-order valence-corrected chi connectivity index (χ4v) is 6.59. The summed E-state index contributed by atoms with van der Waals surface area (Å²) in [6.07, 6.45) is 4.86. The van der Waals surface area contributed by atoms with Gasteiger partial charge in [0.25, 0.3) is 5.91 Å². The van der Waals surface area contributed by atoms with Gasteiger partial charge in [-0.15, -0.1) is 12.6 Å². The molecule has 0 unspecified atom stereocenters. The minimum absolute atomic E-state index is 0.0343. The summed E-state index contributed by atoms with van der Waals surface area (Å²) in [5, 5.41) is 12.9. The minimum Gasteiger partial charge on any atom is -0.377 e. The second-order valence-corrected chi connectivity index (χ2v) is 11.6. The highest BCUT2D eigenvalue weighted by Crippen LogP contribution is 2.33. The Hall–Kier alpha value is -2.58. The van der Waals surface area contributed by atoms with Gasteiger partial charge in [-0.2, -0.15) is 11.8 Å². The number of fused-ring (bicyclic) bond motifs is 2. The number of amides is 4. The molecule has 2 fully saturated rings. The van der Waals surface area contributed by atoms with Crippen molar-refractivity contribution < 1.29 is 28.6 Å². The molecule has 4 amide bonds. The number of ether oxygens (including phenoxy) is 3. The Kier molecular flexibility index (Phi) is 12.8. The molecule has 11 nitrogen and oxygen atoms in total. The van der Waals surface area contributed by atoms with Gasteiger partial charge in [-0.3, -0.25) is 14.6 Å². The predicted molar refractivity (Wildman–Crippen MR) is 161 cm³/mol. The Morgan fingerprint density at radius 1 is 1.00 bits per heavy atom. The number of thiol groups is 1. The van der Waals surface area contributed by atoms with Crippen LogP contribution in [0.2, 0.25) is 0 Å². The number of hydrogen-bond donors (Lipinski definition) is 5. The van der Waals surface area contributed by atoms with Gasteiger partial charge in [-0.25, -0.2) is 4.79 Å². The van der Waals surface area contributed by atoms with E-state index in [1.165, 1.54) is 0 Å². The SMILES string of the molecule is O=C(CCCC[C@@H]1SC[C@@H]2NC(=O)N[C@@H]21)NCCOCCOCCOCCNC(=O)c1cnc2c(S)cccc2c1. The molecule has 2 aliphatic rings. The number of rotatable bonds is 18. The van der Waals surface area contributed by atoms with Crippen molar-refractivity contribution in [2.75, 3.05) is 58.5 Å². The summed E-state index contributed by atoms with van der Waals surface area (Å²) < 4.78 is 16.5. The van der Waals surface area contributed by atoms with Crippen LogP contribution >= 0.6 is 24.4 Å². The number of hydrogen-bond acceptors (Lipinski definition) is 9. The van der Waals surface area contributed by atoms with Crippen LogP contribution in [-0.4, -0.2) is 98.6 Å². The van der Waals surface area contributed by atoms with Gasteiger partial charge in [0.1, 0.15) is 0 Å². The van der Waals surface area contributed by atoms with Crippen LogP contribution in [0.5, 0.6) is 0 Å². The third-order valence-electron chi connectivity index (χ3n) is 6.88. The first-order valence-corrected chi connectivity index (χ1v) is 15.6. The first-order valence-electron chi connectivity index (χ1n) is 14.1. The van der Waals surface area contributed by atoms with Gasteiger partial charge in [0.15, 0.2) is 0 Å². The highest BCUT2D eigenvalue weighted by atomic mass is 32.2. The maximum absolute atomic E-state index is 12.3. The van der Waals surface area contributed by atoms with Gasteiger partial charge >= 0.3 is 6.03 Å². The quantitative estimate of drug-likeness (QED) is 0.0990. The van der Waals surface area contributed by atoms with Crippen molar-refractivity contribution in [1.29, 1.82) is 0 Å². The Morgan fingerprint density at radius 2 is 1.73 bits per heavy atom. The number of unbranched alkanes of at least 4 members (excludes halogenated alkanes) is 1. The molecule has 4 N–H and O–H groups in total. The van der Waals surface area contributed by atoms with Gasteiger partial charge in [0, 0.05) is 47.0 Å². The zero-order valence-corrected chi connectivity index (χ0v) is 24.8. The zero-order chi connectivity index (χ0) is 28.9. The summed E-state index contributed by atoms with van der Waals surface area (Å²) in [6.45, 7) is 3.39. The van der Waals surface area contributed by atoms with Crippen LogP contribution in [0, 0.1) is 0 Å². The van der Waals surface area contributed by atoms with Crippen molar-refractivity contribution in [2.45, 2.75) is 47.9 Å². The van der Waals surface area contributed by atoms with E-state index in [1.54, 1.807) is 12.3 Å². The molecule has 0 radical (unpaired) electrons.